The monoisotopic (exact) mass is 560 g/mol. The molecule has 0 bridgehead atoms. The molecule has 3 N–H and O–H groups in total. The van der Waals surface area contributed by atoms with E-state index in [1.54, 1.807) is 36.9 Å². The first-order valence-electron chi connectivity index (χ1n) is 13.5. The van der Waals surface area contributed by atoms with Gasteiger partial charge in [-0.3, -0.25) is 14.6 Å². The molecule has 3 aromatic rings. The number of carboxylic acid groups (broad SMARTS) is 1. The Morgan fingerprint density at radius 1 is 0.927 bits per heavy atom. The summed E-state index contributed by atoms with van der Waals surface area (Å²) in [6, 6.07) is 7.29. The summed E-state index contributed by atoms with van der Waals surface area (Å²) in [7, 11) is 1.39. The van der Waals surface area contributed by atoms with E-state index in [4.69, 9.17) is 9.72 Å². The van der Waals surface area contributed by atoms with Gasteiger partial charge in [-0.25, -0.2) is 19.7 Å². The molecule has 0 unspecified atom stereocenters. The predicted molar refractivity (Wildman–Crippen MR) is 151 cm³/mol. The first kappa shape index (κ1) is 27.7. The van der Waals surface area contributed by atoms with Crippen LogP contribution in [0.3, 0.4) is 0 Å². The van der Waals surface area contributed by atoms with Gasteiger partial charge in [0.25, 0.3) is 0 Å². The number of nitrogens with zero attached hydrogens (tertiary/aromatic N) is 6. The molecule has 2 amide bonds. The maximum absolute atomic E-state index is 13.2. The van der Waals surface area contributed by atoms with Crippen LogP contribution in [0.4, 0.5) is 27.9 Å². The zero-order valence-electron chi connectivity index (χ0n) is 22.7. The van der Waals surface area contributed by atoms with E-state index in [2.05, 4.69) is 25.6 Å². The highest BCUT2D eigenvalue weighted by Gasteiger charge is 2.30. The Morgan fingerprint density at radius 3 is 2.37 bits per heavy atom. The van der Waals surface area contributed by atoms with Gasteiger partial charge in [-0.05, 0) is 43.9 Å². The lowest BCUT2D eigenvalue weighted by Crippen LogP contribution is -2.48. The Kier molecular flexibility index (Phi) is 8.51. The standard InChI is InChI=1S/C28H32N8O5/c1-41-27(38)19-4-2-18(3-5-19)26(37)32-21-15-22(33-23(16-21)34-24-17-29-8-9-30-24)20-6-7-31-25(14-20)35-10-12-36(13-11-35)28(39)40/h6-9,14-19H,2-5,10-13H2,1H3,(H,39,40)(H2,30,32,33,34,37)/t18-,19-. The second-order valence-electron chi connectivity index (χ2n) is 10.1. The number of pyridine rings is 2. The van der Waals surface area contributed by atoms with Gasteiger partial charge in [0.15, 0.2) is 0 Å². The third-order valence-corrected chi connectivity index (χ3v) is 7.46. The van der Waals surface area contributed by atoms with Crippen LogP contribution in [0.1, 0.15) is 25.7 Å². The van der Waals surface area contributed by atoms with Crippen molar-refractivity contribution in [1.29, 1.82) is 0 Å². The molecular weight excluding hydrogens is 528 g/mol. The zero-order chi connectivity index (χ0) is 28.8. The van der Waals surface area contributed by atoms with Crippen molar-refractivity contribution in [2.45, 2.75) is 25.7 Å². The molecule has 1 aliphatic heterocycles. The summed E-state index contributed by atoms with van der Waals surface area (Å²) in [5.41, 5.74) is 1.96. The van der Waals surface area contributed by atoms with Crippen molar-refractivity contribution in [2.75, 3.05) is 48.8 Å². The molecule has 41 heavy (non-hydrogen) atoms. The molecular formula is C28H32N8O5. The van der Waals surface area contributed by atoms with Crippen LogP contribution in [0.15, 0.2) is 49.1 Å². The van der Waals surface area contributed by atoms with Gasteiger partial charge in [0.2, 0.25) is 5.91 Å². The molecule has 2 aliphatic rings. The SMILES string of the molecule is COC(=O)[C@H]1CC[C@H](C(=O)Nc2cc(Nc3cnccn3)nc(-c3ccnc(N4CCN(C(=O)O)CC4)c3)c2)CC1. The molecule has 3 aromatic heterocycles. The van der Waals surface area contributed by atoms with E-state index in [-0.39, 0.29) is 23.7 Å². The second kappa shape index (κ2) is 12.6. The average molecular weight is 561 g/mol. The number of aromatic nitrogens is 4. The molecule has 4 heterocycles. The number of piperazine rings is 1. The number of methoxy groups -OCH3 is 1. The maximum Gasteiger partial charge on any atom is 0.407 e. The third kappa shape index (κ3) is 6.86. The number of anilines is 4. The summed E-state index contributed by atoms with van der Waals surface area (Å²) in [6.07, 6.45) is 7.94. The van der Waals surface area contributed by atoms with E-state index in [1.165, 1.54) is 12.0 Å². The molecule has 5 rings (SSSR count). The molecule has 1 saturated carbocycles. The fraction of sp³-hybridized carbons (Fsp3) is 0.393. The highest BCUT2D eigenvalue weighted by Crippen LogP contribution is 2.32. The Bertz CT molecular complexity index is 1390. The Labute approximate surface area is 237 Å². The average Bonchev–Trinajstić information content (AvgIpc) is 3.01. The van der Waals surface area contributed by atoms with Gasteiger partial charge in [0.05, 0.1) is 24.9 Å². The fourth-order valence-electron chi connectivity index (χ4n) is 5.19. The first-order chi connectivity index (χ1) is 19.9. The number of esters is 1. The van der Waals surface area contributed by atoms with Crippen LogP contribution in [0.5, 0.6) is 0 Å². The maximum atomic E-state index is 13.2. The van der Waals surface area contributed by atoms with Gasteiger partial charge < -0.3 is 30.3 Å². The lowest BCUT2D eigenvalue weighted by Gasteiger charge is -2.33. The molecule has 1 aliphatic carbocycles. The van der Waals surface area contributed by atoms with Gasteiger partial charge in [0, 0.05) is 68.0 Å². The van der Waals surface area contributed by atoms with Crippen LogP contribution < -0.4 is 15.5 Å². The normalized spacial score (nSPS) is 18.9. The lowest BCUT2D eigenvalue weighted by molar-refractivity contribution is -0.147. The van der Waals surface area contributed by atoms with E-state index >= 15 is 0 Å². The van der Waals surface area contributed by atoms with E-state index < -0.39 is 6.09 Å². The molecule has 0 radical (unpaired) electrons. The smallest absolute Gasteiger partial charge is 0.407 e. The van der Waals surface area contributed by atoms with Gasteiger partial charge >= 0.3 is 12.1 Å². The van der Waals surface area contributed by atoms with Crippen molar-refractivity contribution < 1.29 is 24.2 Å². The Hall–Kier alpha value is -4.81. The molecule has 0 atom stereocenters. The van der Waals surface area contributed by atoms with E-state index in [1.807, 2.05) is 17.0 Å². The quantitative estimate of drug-likeness (QED) is 0.363. The van der Waals surface area contributed by atoms with Crippen LogP contribution >= 0.6 is 0 Å². The van der Waals surface area contributed by atoms with Crippen molar-refractivity contribution in [3.05, 3.63) is 49.1 Å². The number of hydrogen-bond acceptors (Lipinski definition) is 10. The first-order valence-corrected chi connectivity index (χ1v) is 13.5. The Morgan fingerprint density at radius 2 is 1.68 bits per heavy atom. The Balaban J connectivity index is 1.37. The van der Waals surface area contributed by atoms with Crippen LogP contribution in [-0.4, -0.2) is 81.2 Å². The van der Waals surface area contributed by atoms with Crippen molar-refractivity contribution in [1.82, 2.24) is 24.8 Å². The summed E-state index contributed by atoms with van der Waals surface area (Å²) in [5.74, 6) is 0.997. The molecule has 214 valence electrons. The van der Waals surface area contributed by atoms with Gasteiger partial charge in [-0.2, -0.15) is 0 Å². The van der Waals surface area contributed by atoms with Crippen molar-refractivity contribution in [2.24, 2.45) is 11.8 Å². The molecule has 2 fully saturated rings. The summed E-state index contributed by atoms with van der Waals surface area (Å²) < 4.78 is 4.86. The van der Waals surface area contributed by atoms with Crippen molar-refractivity contribution >= 4 is 41.1 Å². The molecule has 1 saturated heterocycles. The highest BCUT2D eigenvalue weighted by molar-refractivity contribution is 5.94. The predicted octanol–water partition coefficient (Wildman–Crippen LogP) is 3.40. The van der Waals surface area contributed by atoms with E-state index in [0.29, 0.717) is 74.9 Å². The van der Waals surface area contributed by atoms with Crippen LogP contribution in [0.25, 0.3) is 11.3 Å². The van der Waals surface area contributed by atoms with Gasteiger partial charge in [-0.15, -0.1) is 0 Å². The van der Waals surface area contributed by atoms with Crippen LogP contribution in [0, 0.1) is 11.8 Å². The van der Waals surface area contributed by atoms with Crippen LogP contribution in [-0.2, 0) is 14.3 Å². The number of amides is 2. The molecule has 13 nitrogen and oxygen atoms in total. The summed E-state index contributed by atoms with van der Waals surface area (Å²) >= 11 is 0. The number of nitrogens with one attached hydrogen (secondary N) is 2. The number of rotatable bonds is 7. The minimum absolute atomic E-state index is 0.109. The third-order valence-electron chi connectivity index (χ3n) is 7.46. The van der Waals surface area contributed by atoms with Gasteiger partial charge in [0.1, 0.15) is 17.5 Å². The lowest BCUT2D eigenvalue weighted by atomic mass is 9.81. The van der Waals surface area contributed by atoms with E-state index in [0.717, 1.165) is 11.4 Å². The zero-order valence-corrected chi connectivity index (χ0v) is 22.7. The molecule has 0 spiro atoms. The number of ether oxygens (including phenoxy) is 1. The minimum atomic E-state index is -0.922. The summed E-state index contributed by atoms with van der Waals surface area (Å²) in [5, 5.41) is 15.4. The number of carbonyl (C=O) groups is 3. The van der Waals surface area contributed by atoms with Crippen LogP contribution in [0.2, 0.25) is 0 Å². The van der Waals surface area contributed by atoms with Crippen molar-refractivity contribution in [3.63, 3.8) is 0 Å². The molecule has 13 heteroatoms. The highest BCUT2D eigenvalue weighted by atomic mass is 16.5. The second-order valence-corrected chi connectivity index (χ2v) is 10.1. The van der Waals surface area contributed by atoms with Crippen molar-refractivity contribution in [3.8, 4) is 11.3 Å². The topological polar surface area (TPSA) is 163 Å². The van der Waals surface area contributed by atoms with Gasteiger partial charge in [-0.1, -0.05) is 0 Å². The summed E-state index contributed by atoms with van der Waals surface area (Å²) in [4.78, 5) is 57.4. The van der Waals surface area contributed by atoms with E-state index in [9.17, 15) is 19.5 Å². The minimum Gasteiger partial charge on any atom is -0.469 e. The number of carbonyl (C=O) groups excluding carboxylic acids is 2. The number of hydrogen-bond donors (Lipinski definition) is 3. The summed E-state index contributed by atoms with van der Waals surface area (Å²) in [6.45, 7) is 1.86. The molecule has 0 aromatic carbocycles. The largest absolute Gasteiger partial charge is 0.469 e. The fourth-order valence-corrected chi connectivity index (χ4v) is 5.19.